The van der Waals surface area contributed by atoms with Gasteiger partial charge in [-0.25, -0.2) is 18.4 Å². The second-order valence-electron chi connectivity index (χ2n) is 17.4. The molecule has 2 amide bonds. The summed E-state index contributed by atoms with van der Waals surface area (Å²) in [5, 5.41) is 3.59. The van der Waals surface area contributed by atoms with E-state index in [4.69, 9.17) is 31.0 Å². The second-order valence-corrected chi connectivity index (χ2v) is 20.6. The van der Waals surface area contributed by atoms with Crippen molar-refractivity contribution in [2.45, 2.75) is 115 Å². The van der Waals surface area contributed by atoms with Gasteiger partial charge >= 0.3 is 0 Å². The maximum atomic E-state index is 15.0. The Bertz CT molecular complexity index is 2430. The molecule has 5 atom stereocenters. The van der Waals surface area contributed by atoms with Crippen LogP contribution in [0.15, 0.2) is 60.0 Å². The summed E-state index contributed by atoms with van der Waals surface area (Å²) in [6.45, 7) is 6.31. The third-order valence-corrected chi connectivity index (χ3v) is 15.7. The number of rotatable bonds is 10. The largest absolute Gasteiger partial charge is 0.496 e. The first-order valence-electron chi connectivity index (χ1n) is 21.2. The van der Waals surface area contributed by atoms with Crippen molar-refractivity contribution >= 4 is 61.5 Å². The molecule has 0 spiro atoms. The fourth-order valence-electron chi connectivity index (χ4n) is 8.88. The first-order valence-corrected chi connectivity index (χ1v) is 24.0. The normalized spacial score (nSPS) is 25.6. The van der Waals surface area contributed by atoms with E-state index in [0.717, 1.165) is 52.9 Å². The van der Waals surface area contributed by atoms with Crippen molar-refractivity contribution in [1.82, 2.24) is 19.6 Å². The molecular weight excluding hydrogens is 820 g/mol. The van der Waals surface area contributed by atoms with Crippen molar-refractivity contribution < 1.29 is 32.3 Å². The smallest absolute Gasteiger partial charge is 0.240 e. The van der Waals surface area contributed by atoms with E-state index in [9.17, 15) is 22.8 Å². The van der Waals surface area contributed by atoms with Crippen molar-refractivity contribution in [3.63, 3.8) is 0 Å². The van der Waals surface area contributed by atoms with Gasteiger partial charge in [-0.05, 0) is 93.5 Å². The molecular formula is C46H53ClN4O7S2. The van der Waals surface area contributed by atoms with E-state index in [1.54, 1.807) is 12.0 Å². The highest BCUT2D eigenvalue weighted by molar-refractivity contribution is 7.90. The molecule has 0 bridgehead atoms. The fraction of sp³-hybridized carbons (Fsp3) is 0.500. The number of nitrogens with zero attached hydrogens (tertiary/aromatic N) is 3. The highest BCUT2D eigenvalue weighted by Crippen LogP contribution is 2.57. The van der Waals surface area contributed by atoms with Gasteiger partial charge in [0.25, 0.3) is 0 Å². The number of fused-ring (bicyclic) bond motifs is 3. The molecule has 11 nitrogen and oxygen atoms in total. The van der Waals surface area contributed by atoms with E-state index in [1.807, 2.05) is 60.8 Å². The number of nitrogens with one attached hydrogen (secondary N) is 1. The van der Waals surface area contributed by atoms with Crippen LogP contribution in [0, 0.1) is 24.2 Å². The van der Waals surface area contributed by atoms with E-state index in [1.165, 1.54) is 11.3 Å². The number of pyridine rings is 1. The zero-order valence-electron chi connectivity index (χ0n) is 34.6. The van der Waals surface area contributed by atoms with Gasteiger partial charge in [0.2, 0.25) is 21.8 Å². The second kappa shape index (κ2) is 17.2. The molecule has 60 heavy (non-hydrogen) atoms. The van der Waals surface area contributed by atoms with Crippen molar-refractivity contribution in [3.05, 3.63) is 81.8 Å². The zero-order chi connectivity index (χ0) is 42.3. The summed E-state index contributed by atoms with van der Waals surface area (Å²) in [6.07, 6.45) is 9.48. The molecule has 14 heteroatoms. The number of sulfonamides is 1. The number of Topliss-reactive ketones (excluding diaryl/α,β-unsaturated/α-hetero) is 1. The number of hydrogen-bond acceptors (Lipinski definition) is 10. The Labute approximate surface area is 361 Å². The topological polar surface area (TPSA) is 145 Å². The van der Waals surface area contributed by atoms with Crippen LogP contribution in [0.5, 0.6) is 11.5 Å². The maximum absolute atomic E-state index is 15.0. The number of thiazole rings is 1. The molecule has 4 aromatic rings. The number of aromatic nitrogens is 2. The number of ketones is 1. The van der Waals surface area contributed by atoms with E-state index < -0.39 is 44.7 Å². The minimum absolute atomic E-state index is 0.130. The molecule has 318 valence electrons. The van der Waals surface area contributed by atoms with Crippen molar-refractivity contribution in [2.24, 2.45) is 17.3 Å². The first kappa shape index (κ1) is 42.4. The molecule has 4 aliphatic rings. The Hall–Kier alpha value is -4.33. The lowest BCUT2D eigenvalue weighted by molar-refractivity contribution is -0.142. The fourth-order valence-corrected chi connectivity index (χ4v) is 11.3. The third kappa shape index (κ3) is 8.85. The Morgan fingerprint density at radius 1 is 1.05 bits per heavy atom. The van der Waals surface area contributed by atoms with E-state index in [0.29, 0.717) is 59.8 Å². The number of ether oxygens (including phenoxy) is 2. The molecule has 2 aliphatic carbocycles. The number of carbonyl (C=O) groups is 3. The molecule has 2 saturated carbocycles. The zero-order valence-corrected chi connectivity index (χ0v) is 37.0. The minimum Gasteiger partial charge on any atom is -0.496 e. The number of amides is 2. The number of halogens is 1. The molecule has 1 saturated heterocycles. The summed E-state index contributed by atoms with van der Waals surface area (Å²) in [7, 11) is -2.21. The molecule has 2 aliphatic heterocycles. The standard InChI is InChI=1S/C46H53ClN4O7S2/c1-27(2)37-26-59-43(49-37)36-22-41(35-18-19-40(57-4)28(3)42(35)48-36)58-33-21-38-39(52)24-46(45(54)50-60(55,56)34-16-17-34)23-31(46)11-9-7-5-6-8-10-30(44(53)51(38)25-33)20-29-12-14-32(47)15-13-29/h9,11-15,18-19,22,26-27,30-31,33-34,38H,5-8,10,16-17,20-21,23-25H2,1-4H3,(H,50,54)/b11-9-/t30-,31-,33-,38+,46-/m1/s1. The van der Waals surface area contributed by atoms with E-state index >= 15 is 0 Å². The van der Waals surface area contributed by atoms with Gasteiger partial charge in [0.15, 0.2) is 5.78 Å². The number of methoxy groups -OCH3 is 1. The quantitative estimate of drug-likeness (QED) is 0.155. The molecule has 8 rings (SSSR count). The summed E-state index contributed by atoms with van der Waals surface area (Å²) >= 11 is 7.75. The Morgan fingerprint density at radius 2 is 1.83 bits per heavy atom. The predicted molar refractivity (Wildman–Crippen MR) is 234 cm³/mol. The highest BCUT2D eigenvalue weighted by Gasteiger charge is 2.61. The molecule has 4 heterocycles. The van der Waals surface area contributed by atoms with Crippen LogP contribution in [0.25, 0.3) is 21.6 Å². The number of hydrogen-bond donors (Lipinski definition) is 1. The monoisotopic (exact) mass is 872 g/mol. The highest BCUT2D eigenvalue weighted by atomic mass is 35.5. The Balaban J connectivity index is 1.15. The first-order chi connectivity index (χ1) is 28.8. The summed E-state index contributed by atoms with van der Waals surface area (Å²) < 4.78 is 40.9. The lowest BCUT2D eigenvalue weighted by Gasteiger charge is -2.29. The summed E-state index contributed by atoms with van der Waals surface area (Å²) in [6, 6.07) is 12.3. The SMILES string of the molecule is COc1ccc2c(O[C@@H]3C[C@H]4C(=O)C[C@]5(C(=O)NS(=O)(=O)C6CC6)C[C@H]5/C=C\CCCCC[C@H](Cc5ccc(Cl)cc5)C(=O)N4C3)cc(-c3nc(C(C)C)cs3)nc2c1C. The van der Waals surface area contributed by atoms with Gasteiger partial charge in [0, 0.05) is 46.2 Å². The summed E-state index contributed by atoms with van der Waals surface area (Å²) in [5.41, 5.74) is 2.94. The Kier molecular flexibility index (Phi) is 12.1. The van der Waals surface area contributed by atoms with Gasteiger partial charge in [-0.2, -0.15) is 0 Å². The molecule has 2 aromatic heterocycles. The number of carbonyl (C=O) groups excluding carboxylic acids is 3. The van der Waals surface area contributed by atoms with E-state index in [2.05, 4.69) is 24.6 Å². The van der Waals surface area contributed by atoms with Crippen LogP contribution in [0.3, 0.4) is 0 Å². The van der Waals surface area contributed by atoms with Crippen LogP contribution in [-0.2, 0) is 30.8 Å². The lowest BCUT2D eigenvalue weighted by Crippen LogP contribution is -2.46. The van der Waals surface area contributed by atoms with Crippen molar-refractivity contribution in [1.29, 1.82) is 0 Å². The number of allylic oxidation sites excluding steroid dienone is 2. The lowest BCUT2D eigenvalue weighted by atomic mass is 9.90. The summed E-state index contributed by atoms with van der Waals surface area (Å²) in [4.78, 5) is 55.4. The average Bonchev–Trinajstić information content (AvgIpc) is 4.10. The van der Waals surface area contributed by atoms with Gasteiger partial charge < -0.3 is 14.4 Å². The van der Waals surface area contributed by atoms with Gasteiger partial charge in [0.1, 0.15) is 28.3 Å². The van der Waals surface area contributed by atoms with Crippen molar-refractivity contribution in [2.75, 3.05) is 13.7 Å². The predicted octanol–water partition coefficient (Wildman–Crippen LogP) is 8.75. The van der Waals surface area contributed by atoms with Gasteiger partial charge in [0.05, 0.1) is 41.6 Å². The van der Waals surface area contributed by atoms with Crippen LogP contribution in [0.2, 0.25) is 5.02 Å². The molecule has 3 fully saturated rings. The number of aryl methyl sites for hydroxylation is 1. The average molecular weight is 874 g/mol. The Morgan fingerprint density at radius 3 is 2.55 bits per heavy atom. The third-order valence-electron chi connectivity index (χ3n) is 12.7. The molecule has 2 aromatic carbocycles. The van der Waals surface area contributed by atoms with Gasteiger partial charge in [-0.15, -0.1) is 11.3 Å². The van der Waals surface area contributed by atoms with Crippen LogP contribution in [-0.4, -0.2) is 71.9 Å². The van der Waals surface area contributed by atoms with Crippen LogP contribution >= 0.6 is 22.9 Å². The maximum Gasteiger partial charge on any atom is 0.240 e. The van der Waals surface area contributed by atoms with Crippen molar-refractivity contribution in [3.8, 4) is 22.2 Å². The molecule has 1 N–H and O–H groups in total. The van der Waals surface area contributed by atoms with Gasteiger partial charge in [-0.1, -0.05) is 62.6 Å². The number of benzene rings is 2. The molecule has 0 unspecified atom stereocenters. The minimum atomic E-state index is -3.84. The summed E-state index contributed by atoms with van der Waals surface area (Å²) in [5.74, 6) is -0.226. The van der Waals surface area contributed by atoms with Crippen LogP contribution in [0.1, 0.15) is 101 Å². The molecule has 0 radical (unpaired) electrons. The van der Waals surface area contributed by atoms with E-state index in [-0.39, 0.29) is 42.9 Å². The van der Waals surface area contributed by atoms with Crippen LogP contribution in [0.4, 0.5) is 0 Å². The van der Waals surface area contributed by atoms with Gasteiger partial charge in [-0.3, -0.25) is 19.1 Å². The van der Waals surface area contributed by atoms with Crippen LogP contribution < -0.4 is 14.2 Å².